The maximum Gasteiger partial charge on any atom is 0.0598 e. The van der Waals surface area contributed by atoms with Gasteiger partial charge in [-0.1, -0.05) is 25.7 Å². The fourth-order valence-corrected chi connectivity index (χ4v) is 3.22. The smallest absolute Gasteiger partial charge is 0.0598 e. The summed E-state index contributed by atoms with van der Waals surface area (Å²) in [6, 6.07) is 0.724. The van der Waals surface area contributed by atoms with Gasteiger partial charge in [0, 0.05) is 25.7 Å². The minimum atomic E-state index is 0.579. The minimum Gasteiger partial charge on any atom is -0.313 e. The van der Waals surface area contributed by atoms with Crippen molar-refractivity contribution in [1.82, 2.24) is 10.2 Å². The van der Waals surface area contributed by atoms with Crippen molar-refractivity contribution < 1.29 is 0 Å². The van der Waals surface area contributed by atoms with E-state index in [0.717, 1.165) is 12.6 Å². The molecule has 0 unspecified atom stereocenters. The zero-order valence-corrected chi connectivity index (χ0v) is 11.2. The van der Waals surface area contributed by atoms with Crippen LogP contribution in [-0.2, 0) is 0 Å². The lowest BCUT2D eigenvalue weighted by Gasteiger charge is -2.34. The van der Waals surface area contributed by atoms with Gasteiger partial charge in [0.25, 0.3) is 0 Å². The zero-order valence-electron chi connectivity index (χ0n) is 11.2. The molecule has 96 valence electrons. The van der Waals surface area contributed by atoms with Crippen molar-refractivity contribution in [2.45, 2.75) is 51.5 Å². The van der Waals surface area contributed by atoms with Crippen molar-refractivity contribution in [1.29, 1.82) is 0 Å². The monoisotopic (exact) mass is 234 g/mol. The molecule has 2 rings (SSSR count). The number of rotatable bonds is 4. The van der Waals surface area contributed by atoms with E-state index in [1.165, 1.54) is 58.2 Å². The average molecular weight is 234 g/mol. The van der Waals surface area contributed by atoms with Crippen molar-refractivity contribution >= 4 is 0 Å². The zero-order chi connectivity index (χ0) is 12.1. The van der Waals surface area contributed by atoms with Gasteiger partial charge >= 0.3 is 0 Å². The quantitative estimate of drug-likeness (QED) is 0.751. The van der Waals surface area contributed by atoms with Crippen LogP contribution in [0.5, 0.6) is 0 Å². The van der Waals surface area contributed by atoms with Crippen LogP contribution in [0.1, 0.15) is 45.4 Å². The van der Waals surface area contributed by atoms with Gasteiger partial charge in [-0.15, -0.1) is 6.42 Å². The Hall–Kier alpha value is -0.520. The van der Waals surface area contributed by atoms with E-state index < -0.39 is 0 Å². The van der Waals surface area contributed by atoms with Gasteiger partial charge < -0.3 is 5.32 Å². The standard InChI is InChI=1S/C15H26N2/c1-3-10-17-11-6-14(7-12-17)16-13-15(2)8-4-5-9-15/h1,14,16H,4-13H2,2H3. The SMILES string of the molecule is C#CCN1CCC(NCC2(C)CCCC2)CC1. The molecule has 2 fully saturated rings. The van der Waals surface area contributed by atoms with E-state index in [9.17, 15) is 0 Å². The molecule has 0 spiro atoms. The summed E-state index contributed by atoms with van der Waals surface area (Å²) < 4.78 is 0. The minimum absolute atomic E-state index is 0.579. The van der Waals surface area contributed by atoms with E-state index in [-0.39, 0.29) is 0 Å². The Kier molecular flexibility index (Phi) is 4.48. The molecule has 1 heterocycles. The summed E-state index contributed by atoms with van der Waals surface area (Å²) in [4.78, 5) is 2.38. The van der Waals surface area contributed by atoms with Crippen LogP contribution in [0.3, 0.4) is 0 Å². The molecule has 0 atom stereocenters. The first-order chi connectivity index (χ1) is 8.22. The molecule has 2 heteroatoms. The molecule has 0 bridgehead atoms. The molecule has 0 aromatic rings. The van der Waals surface area contributed by atoms with Crippen LogP contribution in [0.2, 0.25) is 0 Å². The molecule has 1 saturated carbocycles. The Bertz CT molecular complexity index is 265. The number of hydrogen-bond donors (Lipinski definition) is 1. The lowest BCUT2D eigenvalue weighted by molar-refractivity contribution is 0.201. The van der Waals surface area contributed by atoms with Gasteiger partial charge in [0.05, 0.1) is 6.54 Å². The fraction of sp³-hybridized carbons (Fsp3) is 0.867. The van der Waals surface area contributed by atoms with Crippen molar-refractivity contribution in [2.75, 3.05) is 26.2 Å². The Morgan fingerprint density at radius 1 is 1.29 bits per heavy atom. The molecule has 1 aliphatic heterocycles. The third-order valence-corrected chi connectivity index (χ3v) is 4.53. The topological polar surface area (TPSA) is 15.3 Å². The van der Waals surface area contributed by atoms with Gasteiger partial charge in [-0.05, 0) is 31.1 Å². The predicted molar refractivity (Wildman–Crippen MR) is 72.9 cm³/mol. The van der Waals surface area contributed by atoms with Gasteiger partial charge in [0.2, 0.25) is 0 Å². The highest BCUT2D eigenvalue weighted by Crippen LogP contribution is 2.36. The molecule has 2 aliphatic rings. The maximum absolute atomic E-state index is 5.35. The Labute approximate surface area is 106 Å². The number of hydrogen-bond acceptors (Lipinski definition) is 2. The first-order valence-electron chi connectivity index (χ1n) is 7.11. The second-order valence-corrected chi connectivity index (χ2v) is 6.15. The fourth-order valence-electron chi connectivity index (χ4n) is 3.22. The summed E-state index contributed by atoms with van der Waals surface area (Å²) in [6.07, 6.45) is 13.6. The summed E-state index contributed by atoms with van der Waals surface area (Å²) in [6.45, 7) is 6.81. The molecule has 0 amide bonds. The molecule has 1 aliphatic carbocycles. The highest BCUT2D eigenvalue weighted by atomic mass is 15.1. The first-order valence-corrected chi connectivity index (χ1v) is 7.11. The summed E-state index contributed by atoms with van der Waals surface area (Å²) in [5.41, 5.74) is 0.579. The van der Waals surface area contributed by atoms with E-state index in [0.29, 0.717) is 5.41 Å². The van der Waals surface area contributed by atoms with Gasteiger partial charge in [0.1, 0.15) is 0 Å². The number of terminal acetylenes is 1. The van der Waals surface area contributed by atoms with E-state index in [1.807, 2.05) is 0 Å². The van der Waals surface area contributed by atoms with Gasteiger partial charge in [-0.25, -0.2) is 0 Å². The van der Waals surface area contributed by atoms with Crippen molar-refractivity contribution in [3.63, 3.8) is 0 Å². The largest absolute Gasteiger partial charge is 0.313 e. The van der Waals surface area contributed by atoms with Gasteiger partial charge in [-0.3, -0.25) is 4.90 Å². The summed E-state index contributed by atoms with van der Waals surface area (Å²) >= 11 is 0. The Morgan fingerprint density at radius 3 is 2.53 bits per heavy atom. The van der Waals surface area contributed by atoms with Crippen LogP contribution < -0.4 is 5.32 Å². The van der Waals surface area contributed by atoms with E-state index in [2.05, 4.69) is 23.1 Å². The average Bonchev–Trinajstić information content (AvgIpc) is 2.76. The third-order valence-electron chi connectivity index (χ3n) is 4.53. The van der Waals surface area contributed by atoms with Crippen LogP contribution >= 0.6 is 0 Å². The van der Waals surface area contributed by atoms with Crippen LogP contribution in [0.4, 0.5) is 0 Å². The highest BCUT2D eigenvalue weighted by Gasteiger charge is 2.29. The first kappa shape index (κ1) is 12.9. The predicted octanol–water partition coefficient (Wildman–Crippen LogP) is 2.25. The summed E-state index contributed by atoms with van der Waals surface area (Å²) in [7, 11) is 0. The molecule has 1 saturated heterocycles. The lowest BCUT2D eigenvalue weighted by atomic mass is 9.88. The van der Waals surface area contributed by atoms with Crippen LogP contribution in [-0.4, -0.2) is 37.1 Å². The van der Waals surface area contributed by atoms with Gasteiger partial charge in [-0.2, -0.15) is 0 Å². The number of likely N-dealkylation sites (tertiary alicyclic amines) is 1. The Morgan fingerprint density at radius 2 is 1.94 bits per heavy atom. The second kappa shape index (κ2) is 5.89. The number of piperidine rings is 1. The molecule has 2 nitrogen and oxygen atoms in total. The van der Waals surface area contributed by atoms with E-state index >= 15 is 0 Å². The number of nitrogens with zero attached hydrogens (tertiary/aromatic N) is 1. The van der Waals surface area contributed by atoms with E-state index in [1.54, 1.807) is 0 Å². The van der Waals surface area contributed by atoms with E-state index in [4.69, 9.17) is 6.42 Å². The summed E-state index contributed by atoms with van der Waals surface area (Å²) in [5.74, 6) is 2.74. The molecule has 0 radical (unpaired) electrons. The molecular formula is C15H26N2. The molecular weight excluding hydrogens is 208 g/mol. The van der Waals surface area contributed by atoms with Crippen molar-refractivity contribution in [2.24, 2.45) is 5.41 Å². The van der Waals surface area contributed by atoms with Gasteiger partial charge in [0.15, 0.2) is 0 Å². The maximum atomic E-state index is 5.35. The lowest BCUT2D eigenvalue weighted by Crippen LogP contribution is -2.45. The summed E-state index contributed by atoms with van der Waals surface area (Å²) in [5, 5.41) is 3.79. The molecule has 1 N–H and O–H groups in total. The van der Waals surface area contributed by atoms with Crippen molar-refractivity contribution in [3.05, 3.63) is 0 Å². The van der Waals surface area contributed by atoms with Crippen LogP contribution in [0.25, 0.3) is 0 Å². The normalized spacial score (nSPS) is 25.9. The second-order valence-electron chi connectivity index (χ2n) is 6.15. The number of nitrogens with one attached hydrogen (secondary N) is 1. The van der Waals surface area contributed by atoms with Crippen LogP contribution in [0, 0.1) is 17.8 Å². The Balaban J connectivity index is 1.66. The molecule has 0 aromatic carbocycles. The third kappa shape index (κ3) is 3.72. The van der Waals surface area contributed by atoms with Crippen molar-refractivity contribution in [3.8, 4) is 12.3 Å². The molecule has 17 heavy (non-hydrogen) atoms. The highest BCUT2D eigenvalue weighted by molar-refractivity contribution is 4.91. The molecule has 0 aromatic heterocycles. The van der Waals surface area contributed by atoms with Crippen LogP contribution in [0.15, 0.2) is 0 Å².